The summed E-state index contributed by atoms with van der Waals surface area (Å²) in [5.74, 6) is 0.704. The van der Waals surface area contributed by atoms with Crippen LogP contribution in [0.1, 0.15) is 0 Å². The van der Waals surface area contributed by atoms with Crippen LogP contribution in [-0.2, 0) is 0 Å². The van der Waals surface area contributed by atoms with E-state index in [-0.39, 0.29) is 11.7 Å². The molecule has 0 amide bonds. The molecule has 2 rings (SSSR count). The number of nitrogens with two attached hydrogens (primary N) is 1. The first-order valence-electron chi connectivity index (χ1n) is 4.48. The minimum Gasteiger partial charge on any atom is -0.415 e. The van der Waals surface area contributed by atoms with Crippen LogP contribution in [-0.4, -0.2) is 26.8 Å². The Morgan fingerprint density at radius 1 is 1.41 bits per heavy atom. The van der Waals surface area contributed by atoms with Crippen molar-refractivity contribution in [3.8, 4) is 5.88 Å². The smallest absolute Gasteiger partial charge is 0.388 e. The molecule has 90 valence electrons. The lowest BCUT2D eigenvalue weighted by molar-refractivity contribution is -0.0528. The summed E-state index contributed by atoms with van der Waals surface area (Å²) in [6.07, 6.45) is 2.80. The van der Waals surface area contributed by atoms with Crippen molar-refractivity contribution in [3.05, 3.63) is 18.5 Å². The molecule has 0 saturated carbocycles. The molecule has 0 spiro atoms. The molecule has 4 N–H and O–H groups in total. The second-order valence-corrected chi connectivity index (χ2v) is 2.95. The number of hydrogen-bond acceptors (Lipinski definition) is 6. The van der Waals surface area contributed by atoms with Gasteiger partial charge in [0, 0.05) is 6.07 Å². The maximum absolute atomic E-state index is 11.9. The number of rotatable bonds is 4. The molecule has 0 bridgehead atoms. The number of ether oxygens (including phenoxy) is 1. The van der Waals surface area contributed by atoms with Crippen molar-refractivity contribution >= 4 is 17.5 Å². The molecule has 17 heavy (non-hydrogen) atoms. The molecule has 2 aromatic heterocycles. The van der Waals surface area contributed by atoms with E-state index in [9.17, 15) is 8.78 Å². The Morgan fingerprint density at radius 3 is 2.94 bits per heavy atom. The van der Waals surface area contributed by atoms with Crippen LogP contribution in [0.5, 0.6) is 5.88 Å². The summed E-state index contributed by atoms with van der Waals surface area (Å²) in [5, 5.41) is 8.70. The standard InChI is InChI=1S/C8H8F2N6O/c9-8(10)17-7-1-5(15-16-7)14-6-3-12-2-4(11)13-6/h1-3,8H,(H4,11,13,14,15,16). The van der Waals surface area contributed by atoms with Gasteiger partial charge in [-0.3, -0.25) is 10.1 Å². The van der Waals surface area contributed by atoms with Crippen molar-refractivity contribution in [2.24, 2.45) is 0 Å². The highest BCUT2D eigenvalue weighted by atomic mass is 19.3. The summed E-state index contributed by atoms with van der Waals surface area (Å²) >= 11 is 0. The Kier molecular flexibility index (Phi) is 2.99. The number of aromatic nitrogens is 4. The maximum Gasteiger partial charge on any atom is 0.388 e. The van der Waals surface area contributed by atoms with Gasteiger partial charge in [0.1, 0.15) is 11.6 Å². The molecule has 0 aromatic carbocycles. The van der Waals surface area contributed by atoms with E-state index < -0.39 is 6.61 Å². The van der Waals surface area contributed by atoms with Crippen LogP contribution in [0, 0.1) is 0 Å². The summed E-state index contributed by atoms with van der Waals surface area (Å²) in [6.45, 7) is -2.92. The fourth-order valence-electron chi connectivity index (χ4n) is 1.10. The van der Waals surface area contributed by atoms with Crippen LogP contribution in [0.2, 0.25) is 0 Å². The number of nitrogen functional groups attached to an aromatic ring is 1. The molecule has 0 fully saturated rings. The first kappa shape index (κ1) is 11.0. The number of aromatic amines is 1. The Morgan fingerprint density at radius 2 is 2.24 bits per heavy atom. The Labute approximate surface area is 94.0 Å². The van der Waals surface area contributed by atoms with E-state index in [2.05, 4.69) is 30.2 Å². The van der Waals surface area contributed by atoms with E-state index in [4.69, 9.17) is 5.73 Å². The number of hydrogen-bond donors (Lipinski definition) is 3. The van der Waals surface area contributed by atoms with Crippen LogP contribution in [0.25, 0.3) is 0 Å². The molecule has 0 aliphatic heterocycles. The van der Waals surface area contributed by atoms with Crippen molar-refractivity contribution in [2.75, 3.05) is 11.1 Å². The number of H-pyrrole nitrogens is 1. The van der Waals surface area contributed by atoms with Gasteiger partial charge in [-0.1, -0.05) is 0 Å². The molecular formula is C8H8F2N6O. The van der Waals surface area contributed by atoms with Crippen molar-refractivity contribution < 1.29 is 13.5 Å². The van der Waals surface area contributed by atoms with Gasteiger partial charge in [0.25, 0.3) is 0 Å². The van der Waals surface area contributed by atoms with Crippen molar-refractivity contribution in [2.45, 2.75) is 6.61 Å². The van der Waals surface area contributed by atoms with Crippen molar-refractivity contribution in [1.29, 1.82) is 0 Å². The molecule has 0 aliphatic carbocycles. The van der Waals surface area contributed by atoms with E-state index in [1.165, 1.54) is 18.5 Å². The first-order valence-corrected chi connectivity index (χ1v) is 4.48. The number of nitrogens with zero attached hydrogens (tertiary/aromatic N) is 3. The minimum absolute atomic E-state index is 0.223. The molecule has 7 nitrogen and oxygen atoms in total. The summed E-state index contributed by atoms with van der Waals surface area (Å²) in [4.78, 5) is 7.71. The molecule has 0 saturated heterocycles. The van der Waals surface area contributed by atoms with Gasteiger partial charge in [0.15, 0.2) is 5.82 Å². The fourth-order valence-corrected chi connectivity index (χ4v) is 1.10. The summed E-state index contributed by atoms with van der Waals surface area (Å²) < 4.78 is 27.8. The van der Waals surface area contributed by atoms with Crippen LogP contribution >= 0.6 is 0 Å². The zero-order chi connectivity index (χ0) is 12.3. The third-order valence-electron chi connectivity index (χ3n) is 1.68. The zero-order valence-electron chi connectivity index (χ0n) is 8.39. The molecule has 9 heteroatoms. The Bertz CT molecular complexity index is 502. The molecule has 0 atom stereocenters. The monoisotopic (exact) mass is 242 g/mol. The SMILES string of the molecule is Nc1cncc(Nc2cc(OC(F)F)n[nH]2)n1. The lowest BCUT2D eigenvalue weighted by Gasteiger charge is -2.01. The lowest BCUT2D eigenvalue weighted by atomic mass is 10.5. The molecule has 0 unspecified atom stereocenters. The average molecular weight is 242 g/mol. The molecular weight excluding hydrogens is 234 g/mol. The maximum atomic E-state index is 11.9. The van der Waals surface area contributed by atoms with Crippen LogP contribution in [0.4, 0.5) is 26.2 Å². The highest BCUT2D eigenvalue weighted by Crippen LogP contribution is 2.18. The molecule has 0 radical (unpaired) electrons. The molecule has 2 aromatic rings. The normalized spacial score (nSPS) is 10.5. The summed E-state index contributed by atoms with van der Waals surface area (Å²) in [5.41, 5.74) is 5.42. The number of anilines is 3. The first-order chi connectivity index (χ1) is 8.13. The van der Waals surface area contributed by atoms with Gasteiger partial charge in [0.05, 0.1) is 12.4 Å². The third-order valence-corrected chi connectivity index (χ3v) is 1.68. The third kappa shape index (κ3) is 3.00. The summed E-state index contributed by atoms with van der Waals surface area (Å²) in [6, 6.07) is 1.26. The van der Waals surface area contributed by atoms with Gasteiger partial charge < -0.3 is 15.8 Å². The molecule has 2 heterocycles. The van der Waals surface area contributed by atoms with Gasteiger partial charge in [-0.05, 0) is 0 Å². The molecule has 0 aliphatic rings. The minimum atomic E-state index is -2.92. The van der Waals surface area contributed by atoms with Crippen LogP contribution in [0.3, 0.4) is 0 Å². The van der Waals surface area contributed by atoms with Crippen molar-refractivity contribution in [1.82, 2.24) is 20.2 Å². The van der Waals surface area contributed by atoms with E-state index in [1.807, 2.05) is 0 Å². The Hall–Kier alpha value is -2.45. The van der Waals surface area contributed by atoms with Crippen molar-refractivity contribution in [3.63, 3.8) is 0 Å². The quantitative estimate of drug-likeness (QED) is 0.742. The largest absolute Gasteiger partial charge is 0.415 e. The van der Waals surface area contributed by atoms with Gasteiger partial charge in [-0.15, -0.1) is 5.10 Å². The zero-order valence-corrected chi connectivity index (χ0v) is 8.39. The summed E-state index contributed by atoms with van der Waals surface area (Å²) in [7, 11) is 0. The van der Waals surface area contributed by atoms with Crippen LogP contribution in [0.15, 0.2) is 18.5 Å². The fraction of sp³-hybridized carbons (Fsp3) is 0.125. The van der Waals surface area contributed by atoms with Gasteiger partial charge in [-0.2, -0.15) is 8.78 Å². The van der Waals surface area contributed by atoms with Gasteiger partial charge >= 0.3 is 6.61 Å². The van der Waals surface area contributed by atoms with Gasteiger partial charge in [-0.25, -0.2) is 4.98 Å². The predicted molar refractivity (Wildman–Crippen MR) is 54.9 cm³/mol. The lowest BCUT2D eigenvalue weighted by Crippen LogP contribution is -2.01. The van der Waals surface area contributed by atoms with Crippen LogP contribution < -0.4 is 15.8 Å². The second-order valence-electron chi connectivity index (χ2n) is 2.95. The number of halogens is 2. The van der Waals surface area contributed by atoms with E-state index >= 15 is 0 Å². The van der Waals surface area contributed by atoms with E-state index in [0.29, 0.717) is 11.6 Å². The van der Waals surface area contributed by atoms with E-state index in [0.717, 1.165) is 0 Å². The topological polar surface area (TPSA) is 102 Å². The number of nitrogens with one attached hydrogen (secondary N) is 2. The van der Waals surface area contributed by atoms with E-state index in [1.54, 1.807) is 0 Å². The highest BCUT2D eigenvalue weighted by Gasteiger charge is 2.08. The number of alkyl halides is 2. The highest BCUT2D eigenvalue weighted by molar-refractivity contribution is 5.53. The average Bonchev–Trinajstić information content (AvgIpc) is 2.64. The Balaban J connectivity index is 2.06. The second kappa shape index (κ2) is 4.60. The van der Waals surface area contributed by atoms with Gasteiger partial charge in [0.2, 0.25) is 5.88 Å². The predicted octanol–water partition coefficient (Wildman–Crippen LogP) is 1.13.